The van der Waals surface area contributed by atoms with E-state index in [9.17, 15) is 0 Å². The molecule has 1 heterocycles. The Morgan fingerprint density at radius 1 is 1.59 bits per heavy atom. The second kappa shape index (κ2) is 4.74. The predicted octanol–water partition coefficient (Wildman–Crippen LogP) is 1.11. The van der Waals surface area contributed by atoms with E-state index in [1.807, 2.05) is 7.05 Å². The first-order valence-electron chi connectivity index (χ1n) is 6.23. The molecule has 1 saturated carbocycles. The van der Waals surface area contributed by atoms with Crippen LogP contribution in [-0.2, 0) is 18.3 Å². The number of ether oxygens (including phenoxy) is 1. The van der Waals surface area contributed by atoms with Gasteiger partial charge in [-0.25, -0.2) is 4.98 Å². The number of nitrogens with zero attached hydrogens (tertiary/aromatic N) is 3. The summed E-state index contributed by atoms with van der Waals surface area (Å²) in [6.45, 7) is 8.08. The van der Waals surface area contributed by atoms with E-state index in [1.54, 1.807) is 11.0 Å². The molecule has 17 heavy (non-hydrogen) atoms. The highest BCUT2D eigenvalue weighted by Gasteiger charge is 2.48. The largest absolute Gasteiger partial charge is 0.378 e. The van der Waals surface area contributed by atoms with Crippen molar-refractivity contribution in [1.82, 2.24) is 20.1 Å². The van der Waals surface area contributed by atoms with Gasteiger partial charge in [-0.1, -0.05) is 13.8 Å². The third-order valence-electron chi connectivity index (χ3n) is 3.70. The Morgan fingerprint density at radius 3 is 2.88 bits per heavy atom. The highest BCUT2D eigenvalue weighted by atomic mass is 16.5. The van der Waals surface area contributed by atoms with Crippen LogP contribution in [0.4, 0.5) is 0 Å². The predicted molar refractivity (Wildman–Crippen MR) is 65.4 cm³/mol. The maximum Gasteiger partial charge on any atom is 0.164 e. The van der Waals surface area contributed by atoms with Crippen molar-refractivity contribution in [1.29, 1.82) is 0 Å². The van der Waals surface area contributed by atoms with Crippen LogP contribution < -0.4 is 5.32 Å². The Balaban J connectivity index is 1.82. The first-order valence-corrected chi connectivity index (χ1v) is 6.23. The molecule has 2 rings (SSSR count). The first-order chi connectivity index (χ1) is 8.04. The SMILES string of the molecule is CCOC1CC(NCc2ncn(C)n2)C1(C)C. The lowest BCUT2D eigenvalue weighted by molar-refractivity contribution is -0.114. The Morgan fingerprint density at radius 2 is 2.35 bits per heavy atom. The van der Waals surface area contributed by atoms with Crippen LogP contribution >= 0.6 is 0 Å². The van der Waals surface area contributed by atoms with E-state index < -0.39 is 0 Å². The van der Waals surface area contributed by atoms with Crippen molar-refractivity contribution >= 4 is 0 Å². The molecule has 1 aromatic rings. The molecule has 1 aliphatic carbocycles. The number of hydrogen-bond acceptors (Lipinski definition) is 4. The van der Waals surface area contributed by atoms with Gasteiger partial charge in [0, 0.05) is 25.1 Å². The van der Waals surface area contributed by atoms with E-state index in [-0.39, 0.29) is 5.41 Å². The molecule has 0 bridgehead atoms. The molecule has 0 amide bonds. The van der Waals surface area contributed by atoms with Crippen LogP contribution in [0.25, 0.3) is 0 Å². The molecular formula is C12H22N4O. The lowest BCUT2D eigenvalue weighted by Crippen LogP contribution is -2.60. The van der Waals surface area contributed by atoms with E-state index >= 15 is 0 Å². The average Bonchev–Trinajstić information content (AvgIpc) is 2.68. The molecule has 96 valence electrons. The summed E-state index contributed by atoms with van der Waals surface area (Å²) < 4.78 is 7.43. The van der Waals surface area contributed by atoms with Crippen molar-refractivity contribution in [3.05, 3.63) is 12.2 Å². The average molecular weight is 238 g/mol. The monoisotopic (exact) mass is 238 g/mol. The quantitative estimate of drug-likeness (QED) is 0.835. The van der Waals surface area contributed by atoms with Crippen LogP contribution in [0.5, 0.6) is 0 Å². The second-order valence-electron chi connectivity index (χ2n) is 5.27. The summed E-state index contributed by atoms with van der Waals surface area (Å²) in [5.74, 6) is 0.850. The molecule has 0 radical (unpaired) electrons. The van der Waals surface area contributed by atoms with Gasteiger partial charge in [-0.05, 0) is 13.3 Å². The fourth-order valence-electron chi connectivity index (χ4n) is 2.40. The zero-order chi connectivity index (χ0) is 12.5. The van der Waals surface area contributed by atoms with Gasteiger partial charge in [0.25, 0.3) is 0 Å². The molecule has 1 aromatic heterocycles. The molecule has 1 aliphatic rings. The van der Waals surface area contributed by atoms with Crippen LogP contribution in [0.1, 0.15) is 33.0 Å². The lowest BCUT2D eigenvalue weighted by atomic mass is 9.64. The van der Waals surface area contributed by atoms with Crippen molar-refractivity contribution in [2.75, 3.05) is 6.61 Å². The molecular weight excluding hydrogens is 216 g/mol. The summed E-state index contributed by atoms with van der Waals surface area (Å²) >= 11 is 0. The van der Waals surface area contributed by atoms with Crippen molar-refractivity contribution < 1.29 is 4.74 Å². The second-order valence-corrected chi connectivity index (χ2v) is 5.27. The summed E-state index contributed by atoms with van der Waals surface area (Å²) in [5, 5.41) is 7.76. The Kier molecular flexibility index (Phi) is 3.49. The van der Waals surface area contributed by atoms with Gasteiger partial charge in [0.15, 0.2) is 5.82 Å². The van der Waals surface area contributed by atoms with Crippen LogP contribution in [0.15, 0.2) is 6.33 Å². The molecule has 5 heteroatoms. The van der Waals surface area contributed by atoms with Gasteiger partial charge in [-0.3, -0.25) is 4.68 Å². The van der Waals surface area contributed by atoms with E-state index in [0.717, 1.165) is 25.4 Å². The molecule has 1 N–H and O–H groups in total. The molecule has 0 aromatic carbocycles. The van der Waals surface area contributed by atoms with Crippen molar-refractivity contribution in [2.45, 2.75) is 45.9 Å². The van der Waals surface area contributed by atoms with Crippen molar-refractivity contribution in [3.63, 3.8) is 0 Å². The standard InChI is InChI=1S/C12H22N4O/c1-5-17-10-6-9(12(10,2)3)13-7-11-14-8-16(4)15-11/h8-10,13H,5-7H2,1-4H3. The smallest absolute Gasteiger partial charge is 0.164 e. The van der Waals surface area contributed by atoms with Gasteiger partial charge in [0.2, 0.25) is 0 Å². The third kappa shape index (κ3) is 2.50. The fraction of sp³-hybridized carbons (Fsp3) is 0.833. The van der Waals surface area contributed by atoms with Crippen molar-refractivity contribution in [2.24, 2.45) is 12.5 Å². The number of aromatic nitrogens is 3. The van der Waals surface area contributed by atoms with Gasteiger partial charge in [-0.15, -0.1) is 0 Å². The first kappa shape index (κ1) is 12.5. The number of nitrogens with one attached hydrogen (secondary N) is 1. The van der Waals surface area contributed by atoms with Crippen LogP contribution in [0.2, 0.25) is 0 Å². The maximum atomic E-state index is 5.70. The molecule has 0 aliphatic heterocycles. The topological polar surface area (TPSA) is 52.0 Å². The molecule has 2 unspecified atom stereocenters. The van der Waals surface area contributed by atoms with E-state index in [4.69, 9.17) is 4.74 Å². The maximum absolute atomic E-state index is 5.70. The van der Waals surface area contributed by atoms with Gasteiger partial charge in [0.1, 0.15) is 6.33 Å². The number of aryl methyl sites for hydroxylation is 1. The zero-order valence-electron chi connectivity index (χ0n) is 11.1. The van der Waals surface area contributed by atoms with Crippen LogP contribution in [-0.4, -0.2) is 33.5 Å². The zero-order valence-corrected chi connectivity index (χ0v) is 11.1. The van der Waals surface area contributed by atoms with Crippen LogP contribution in [0, 0.1) is 5.41 Å². The molecule has 5 nitrogen and oxygen atoms in total. The van der Waals surface area contributed by atoms with Gasteiger partial charge >= 0.3 is 0 Å². The number of hydrogen-bond donors (Lipinski definition) is 1. The van der Waals surface area contributed by atoms with Crippen molar-refractivity contribution in [3.8, 4) is 0 Å². The summed E-state index contributed by atoms with van der Waals surface area (Å²) in [4.78, 5) is 4.21. The Hall–Kier alpha value is -0.940. The highest BCUT2D eigenvalue weighted by Crippen LogP contribution is 2.42. The normalized spacial score (nSPS) is 26.8. The lowest BCUT2D eigenvalue weighted by Gasteiger charge is -2.51. The van der Waals surface area contributed by atoms with E-state index in [1.165, 1.54) is 0 Å². The minimum atomic E-state index is 0.199. The molecule has 0 saturated heterocycles. The van der Waals surface area contributed by atoms with Gasteiger partial charge in [-0.2, -0.15) is 5.10 Å². The minimum absolute atomic E-state index is 0.199. The summed E-state index contributed by atoms with van der Waals surface area (Å²) in [7, 11) is 1.88. The molecule has 0 spiro atoms. The molecule has 2 atom stereocenters. The Labute approximate surface area is 103 Å². The number of rotatable bonds is 5. The fourth-order valence-corrected chi connectivity index (χ4v) is 2.40. The summed E-state index contributed by atoms with van der Waals surface area (Å²) in [5.41, 5.74) is 0.199. The Bertz CT molecular complexity index is 374. The minimum Gasteiger partial charge on any atom is -0.378 e. The van der Waals surface area contributed by atoms with E-state index in [2.05, 4.69) is 36.2 Å². The van der Waals surface area contributed by atoms with Gasteiger partial charge < -0.3 is 10.1 Å². The van der Waals surface area contributed by atoms with Crippen LogP contribution in [0.3, 0.4) is 0 Å². The molecule has 1 fully saturated rings. The third-order valence-corrected chi connectivity index (χ3v) is 3.70. The summed E-state index contributed by atoms with van der Waals surface area (Å²) in [6, 6.07) is 0.489. The highest BCUT2D eigenvalue weighted by molar-refractivity contribution is 5.03. The van der Waals surface area contributed by atoms with E-state index in [0.29, 0.717) is 12.1 Å². The summed E-state index contributed by atoms with van der Waals surface area (Å²) in [6.07, 6.45) is 3.18. The van der Waals surface area contributed by atoms with Gasteiger partial charge in [0.05, 0.1) is 12.6 Å².